The smallest absolute Gasteiger partial charge is 0.453 e. The Labute approximate surface area is 148 Å². The minimum atomic E-state index is -4.63. The predicted octanol–water partition coefficient (Wildman–Crippen LogP) is 2.70. The van der Waals surface area contributed by atoms with Gasteiger partial charge in [0.2, 0.25) is 0 Å². The molecule has 10 heteroatoms. The first-order valence-corrected chi connectivity index (χ1v) is 8.32. The quantitative estimate of drug-likeness (QED) is 0.756. The molecule has 1 saturated heterocycles. The Morgan fingerprint density at radius 3 is 2.38 bits per heavy atom. The normalized spacial score (nSPS) is 16.9. The van der Waals surface area contributed by atoms with Gasteiger partial charge >= 0.3 is 12.1 Å². The minimum absolute atomic E-state index is 0.0321. The van der Waals surface area contributed by atoms with Crippen molar-refractivity contribution < 1.29 is 22.7 Å². The maximum atomic E-state index is 13.0. The molecule has 0 atom stereocenters. The van der Waals surface area contributed by atoms with Crippen LogP contribution in [0.1, 0.15) is 39.4 Å². The van der Waals surface area contributed by atoms with Crippen molar-refractivity contribution >= 4 is 17.4 Å². The number of fused-ring (bicyclic) bond motifs is 1. The number of hydrogen-bond acceptors (Lipinski definition) is 6. The van der Waals surface area contributed by atoms with Crippen LogP contribution in [-0.4, -0.2) is 44.5 Å². The monoisotopic (exact) mass is 371 g/mol. The molecule has 142 valence electrons. The zero-order valence-electron chi connectivity index (χ0n) is 14.7. The second-order valence-corrected chi connectivity index (χ2v) is 7.28. The Bertz CT molecular complexity index is 804. The molecule has 0 N–H and O–H groups in total. The van der Waals surface area contributed by atoms with Crippen molar-refractivity contribution in [3.05, 3.63) is 18.0 Å². The summed E-state index contributed by atoms with van der Waals surface area (Å²) < 4.78 is 45.0. The van der Waals surface area contributed by atoms with E-state index in [1.54, 1.807) is 6.07 Å². The van der Waals surface area contributed by atoms with E-state index >= 15 is 0 Å². The maximum absolute atomic E-state index is 13.0. The standard InChI is InChI=1S/C16H20F3N5O2/c1-15(2,3)26-13(25)10-6-8-23(9-7-10)12-5-4-11-20-21-14(16(17,18)19)24(11)22-12/h4-5,10H,6-9H2,1-3H3. The Kier molecular flexibility index (Phi) is 4.53. The second kappa shape index (κ2) is 6.40. The fourth-order valence-corrected chi connectivity index (χ4v) is 2.85. The summed E-state index contributed by atoms with van der Waals surface area (Å²) in [6.45, 7) is 6.46. The van der Waals surface area contributed by atoms with E-state index in [9.17, 15) is 18.0 Å². The van der Waals surface area contributed by atoms with Gasteiger partial charge in [0.1, 0.15) is 11.4 Å². The van der Waals surface area contributed by atoms with Gasteiger partial charge in [0.05, 0.1) is 5.92 Å². The van der Waals surface area contributed by atoms with E-state index in [-0.39, 0.29) is 17.5 Å². The van der Waals surface area contributed by atoms with Gasteiger partial charge in [-0.05, 0) is 45.7 Å². The van der Waals surface area contributed by atoms with E-state index < -0.39 is 17.6 Å². The van der Waals surface area contributed by atoms with Gasteiger partial charge in [-0.3, -0.25) is 4.79 Å². The lowest BCUT2D eigenvalue weighted by Gasteiger charge is -2.33. The van der Waals surface area contributed by atoms with Crippen LogP contribution in [0.2, 0.25) is 0 Å². The van der Waals surface area contributed by atoms with Crippen LogP contribution in [0.4, 0.5) is 19.0 Å². The van der Waals surface area contributed by atoms with E-state index in [0.29, 0.717) is 36.3 Å². The van der Waals surface area contributed by atoms with Gasteiger partial charge in [0.15, 0.2) is 5.65 Å². The van der Waals surface area contributed by atoms with Gasteiger partial charge < -0.3 is 9.64 Å². The van der Waals surface area contributed by atoms with E-state index in [1.807, 2.05) is 25.7 Å². The summed E-state index contributed by atoms with van der Waals surface area (Å²) in [5.41, 5.74) is -0.506. The van der Waals surface area contributed by atoms with E-state index in [4.69, 9.17) is 4.74 Å². The summed E-state index contributed by atoms with van der Waals surface area (Å²) in [5.74, 6) is -1.21. The Morgan fingerprint density at radius 1 is 1.15 bits per heavy atom. The zero-order valence-corrected chi connectivity index (χ0v) is 14.7. The third kappa shape index (κ3) is 3.88. The predicted molar refractivity (Wildman–Crippen MR) is 86.6 cm³/mol. The van der Waals surface area contributed by atoms with Crippen molar-refractivity contribution in [3.8, 4) is 0 Å². The number of alkyl halides is 3. The van der Waals surface area contributed by atoms with Gasteiger partial charge in [-0.25, -0.2) is 0 Å². The largest absolute Gasteiger partial charge is 0.460 e. The van der Waals surface area contributed by atoms with Crippen molar-refractivity contribution in [3.63, 3.8) is 0 Å². The molecule has 3 rings (SSSR count). The van der Waals surface area contributed by atoms with E-state index in [2.05, 4.69) is 15.3 Å². The molecule has 0 radical (unpaired) electrons. The van der Waals surface area contributed by atoms with Crippen LogP contribution in [0, 0.1) is 5.92 Å². The minimum Gasteiger partial charge on any atom is -0.460 e. The van der Waals surface area contributed by atoms with Gasteiger partial charge in [-0.15, -0.1) is 15.3 Å². The average molecular weight is 371 g/mol. The number of ether oxygens (including phenoxy) is 1. The van der Waals surface area contributed by atoms with Crippen LogP contribution < -0.4 is 4.90 Å². The third-order valence-electron chi connectivity index (χ3n) is 4.06. The molecule has 3 heterocycles. The lowest BCUT2D eigenvalue weighted by molar-refractivity contribution is -0.160. The lowest BCUT2D eigenvalue weighted by Crippen LogP contribution is -2.39. The van der Waals surface area contributed by atoms with Gasteiger partial charge in [0, 0.05) is 13.1 Å². The Hall–Kier alpha value is -2.39. The Balaban J connectivity index is 1.72. The number of anilines is 1. The summed E-state index contributed by atoms with van der Waals surface area (Å²) in [6, 6.07) is 3.06. The molecule has 2 aromatic heterocycles. The zero-order chi connectivity index (χ0) is 19.1. The van der Waals surface area contributed by atoms with Gasteiger partial charge in [-0.2, -0.15) is 17.7 Å². The molecule has 0 unspecified atom stereocenters. The molecule has 0 aliphatic carbocycles. The molecule has 1 fully saturated rings. The number of esters is 1. The molecule has 0 saturated carbocycles. The molecular weight excluding hydrogens is 351 g/mol. The highest BCUT2D eigenvalue weighted by molar-refractivity contribution is 5.73. The molecule has 0 bridgehead atoms. The summed E-state index contributed by atoms with van der Waals surface area (Å²) in [6.07, 6.45) is -3.51. The molecule has 7 nitrogen and oxygen atoms in total. The number of hydrogen-bond donors (Lipinski definition) is 0. The number of nitrogens with zero attached hydrogens (tertiary/aromatic N) is 5. The fourth-order valence-electron chi connectivity index (χ4n) is 2.85. The molecule has 0 amide bonds. The summed E-state index contributed by atoms with van der Waals surface area (Å²) in [4.78, 5) is 14.0. The first-order chi connectivity index (χ1) is 12.0. The van der Waals surface area contributed by atoms with Crippen molar-refractivity contribution in [2.45, 2.75) is 45.4 Å². The van der Waals surface area contributed by atoms with Crippen LogP contribution in [0.15, 0.2) is 12.1 Å². The number of piperidine rings is 1. The number of carbonyl (C=O) groups is 1. The second-order valence-electron chi connectivity index (χ2n) is 7.28. The van der Waals surface area contributed by atoms with Crippen LogP contribution in [0.25, 0.3) is 5.65 Å². The number of aromatic nitrogens is 4. The van der Waals surface area contributed by atoms with Crippen LogP contribution in [0.3, 0.4) is 0 Å². The fraction of sp³-hybridized carbons (Fsp3) is 0.625. The molecule has 26 heavy (non-hydrogen) atoms. The van der Waals surface area contributed by atoms with Crippen molar-refractivity contribution in [1.82, 2.24) is 19.8 Å². The molecule has 0 aromatic carbocycles. The third-order valence-corrected chi connectivity index (χ3v) is 4.06. The average Bonchev–Trinajstić information content (AvgIpc) is 2.96. The van der Waals surface area contributed by atoms with Crippen molar-refractivity contribution in [2.24, 2.45) is 5.92 Å². The van der Waals surface area contributed by atoms with E-state index in [0.717, 1.165) is 0 Å². The van der Waals surface area contributed by atoms with Crippen LogP contribution in [-0.2, 0) is 15.7 Å². The molecular formula is C16H20F3N5O2. The molecule has 0 spiro atoms. The van der Waals surface area contributed by atoms with Crippen molar-refractivity contribution in [2.75, 3.05) is 18.0 Å². The highest BCUT2D eigenvalue weighted by atomic mass is 19.4. The number of rotatable bonds is 2. The SMILES string of the molecule is CC(C)(C)OC(=O)C1CCN(c2ccc3nnc(C(F)(F)F)n3n2)CC1. The molecule has 2 aromatic rings. The number of carbonyl (C=O) groups excluding carboxylic acids is 1. The van der Waals surface area contributed by atoms with Crippen LogP contribution >= 0.6 is 0 Å². The molecule has 1 aliphatic heterocycles. The van der Waals surface area contributed by atoms with Crippen molar-refractivity contribution in [1.29, 1.82) is 0 Å². The molecule has 1 aliphatic rings. The van der Waals surface area contributed by atoms with Crippen LogP contribution in [0.5, 0.6) is 0 Å². The van der Waals surface area contributed by atoms with Gasteiger partial charge in [-0.1, -0.05) is 0 Å². The number of halogens is 3. The lowest BCUT2D eigenvalue weighted by atomic mass is 9.96. The Morgan fingerprint density at radius 2 is 1.81 bits per heavy atom. The summed E-state index contributed by atoms with van der Waals surface area (Å²) >= 11 is 0. The topological polar surface area (TPSA) is 72.6 Å². The maximum Gasteiger partial charge on any atom is 0.453 e. The van der Waals surface area contributed by atoms with E-state index in [1.165, 1.54) is 6.07 Å². The summed E-state index contributed by atoms with van der Waals surface area (Å²) in [5, 5.41) is 10.7. The first kappa shape index (κ1) is 18.4. The summed E-state index contributed by atoms with van der Waals surface area (Å²) in [7, 11) is 0. The van der Waals surface area contributed by atoms with Gasteiger partial charge in [0.25, 0.3) is 5.82 Å². The first-order valence-electron chi connectivity index (χ1n) is 8.32. The highest BCUT2D eigenvalue weighted by Gasteiger charge is 2.38. The highest BCUT2D eigenvalue weighted by Crippen LogP contribution is 2.29.